The van der Waals surface area contributed by atoms with E-state index < -0.39 is 10.8 Å². The summed E-state index contributed by atoms with van der Waals surface area (Å²) >= 11 is 0. The first-order valence-corrected chi connectivity index (χ1v) is 6.74. The lowest BCUT2D eigenvalue weighted by atomic mass is 10.2. The largest absolute Gasteiger partial charge is 0.507 e. The number of hydrogen-bond acceptors (Lipinski definition) is 6. The van der Waals surface area contributed by atoms with Crippen LogP contribution in [0.4, 0.5) is 15.8 Å². The van der Waals surface area contributed by atoms with E-state index in [1.54, 1.807) is 0 Å². The minimum Gasteiger partial charge on any atom is -0.507 e. The maximum Gasteiger partial charge on any atom is 0.270 e. The van der Waals surface area contributed by atoms with Crippen LogP contribution >= 0.6 is 0 Å². The average Bonchev–Trinajstić information content (AvgIpc) is 2.56. The van der Waals surface area contributed by atoms with Gasteiger partial charge in [-0.2, -0.15) is 5.10 Å². The first-order chi connectivity index (χ1) is 11.5. The molecule has 2 aromatic carbocycles. The molecular formula is C15H13FN4O4. The number of carbonyl (C=O) groups is 1. The van der Waals surface area contributed by atoms with Crippen molar-refractivity contribution in [1.29, 1.82) is 0 Å². The molecule has 1 amide bonds. The molecule has 0 aromatic heterocycles. The first-order valence-electron chi connectivity index (χ1n) is 6.74. The Morgan fingerprint density at radius 1 is 1.29 bits per heavy atom. The molecule has 9 heteroatoms. The summed E-state index contributed by atoms with van der Waals surface area (Å²) in [7, 11) is 0. The van der Waals surface area contributed by atoms with Crippen molar-refractivity contribution in [3.8, 4) is 5.75 Å². The molecule has 0 saturated heterocycles. The second kappa shape index (κ2) is 7.68. The number of hydrogen-bond donors (Lipinski definition) is 3. The first kappa shape index (κ1) is 16.9. The lowest BCUT2D eigenvalue weighted by Gasteiger charge is -2.05. The smallest absolute Gasteiger partial charge is 0.270 e. The van der Waals surface area contributed by atoms with Crippen molar-refractivity contribution >= 4 is 23.5 Å². The van der Waals surface area contributed by atoms with E-state index in [1.165, 1.54) is 24.3 Å². The van der Waals surface area contributed by atoms with Crippen molar-refractivity contribution in [2.45, 2.75) is 0 Å². The molecule has 124 valence electrons. The molecule has 0 aliphatic heterocycles. The second-order valence-electron chi connectivity index (χ2n) is 4.65. The number of halogens is 1. The van der Waals surface area contributed by atoms with Crippen LogP contribution < -0.4 is 10.7 Å². The number of nitrogens with one attached hydrogen (secondary N) is 2. The highest BCUT2D eigenvalue weighted by atomic mass is 19.1. The van der Waals surface area contributed by atoms with Gasteiger partial charge in [0.15, 0.2) is 0 Å². The fraction of sp³-hybridized carbons (Fsp3) is 0.0667. The lowest BCUT2D eigenvalue weighted by Crippen LogP contribution is -2.25. The zero-order valence-corrected chi connectivity index (χ0v) is 12.3. The third-order valence-electron chi connectivity index (χ3n) is 2.91. The van der Waals surface area contributed by atoms with Crippen LogP contribution in [0.3, 0.4) is 0 Å². The molecule has 0 aliphatic rings. The van der Waals surface area contributed by atoms with Crippen molar-refractivity contribution in [2.24, 2.45) is 5.10 Å². The predicted octanol–water partition coefficient (Wildman–Crippen LogP) is 2.00. The molecule has 0 spiro atoms. The SMILES string of the molecule is O=C(CNc1ccc(F)cc1)NN=Cc1cc([N+](=O)[O-])ccc1O. The van der Waals surface area contributed by atoms with Gasteiger partial charge >= 0.3 is 0 Å². The topological polar surface area (TPSA) is 117 Å². The van der Waals surface area contributed by atoms with Crippen LogP contribution in [0, 0.1) is 15.9 Å². The van der Waals surface area contributed by atoms with Crippen LogP contribution in [-0.4, -0.2) is 28.7 Å². The molecule has 0 fully saturated rings. The van der Waals surface area contributed by atoms with Gasteiger partial charge in [0, 0.05) is 23.4 Å². The van der Waals surface area contributed by atoms with Gasteiger partial charge in [-0.15, -0.1) is 0 Å². The molecule has 2 rings (SSSR count). The number of phenols is 1. The van der Waals surface area contributed by atoms with Gasteiger partial charge in [-0.1, -0.05) is 0 Å². The van der Waals surface area contributed by atoms with Crippen molar-refractivity contribution in [1.82, 2.24) is 5.43 Å². The van der Waals surface area contributed by atoms with Crippen LogP contribution in [0.2, 0.25) is 0 Å². The Morgan fingerprint density at radius 3 is 2.67 bits per heavy atom. The summed E-state index contributed by atoms with van der Waals surface area (Å²) in [6.07, 6.45) is 1.10. The summed E-state index contributed by atoms with van der Waals surface area (Å²) in [5, 5.41) is 26.6. The van der Waals surface area contributed by atoms with Gasteiger partial charge in [-0.05, 0) is 30.3 Å². The highest BCUT2D eigenvalue weighted by Crippen LogP contribution is 2.21. The van der Waals surface area contributed by atoms with Gasteiger partial charge in [-0.25, -0.2) is 9.82 Å². The van der Waals surface area contributed by atoms with Crippen molar-refractivity contribution < 1.29 is 19.2 Å². The fourth-order valence-corrected chi connectivity index (χ4v) is 1.72. The number of nitro benzene ring substituents is 1. The van der Waals surface area contributed by atoms with Crippen LogP contribution in [0.15, 0.2) is 47.6 Å². The van der Waals surface area contributed by atoms with E-state index in [1.807, 2.05) is 0 Å². The summed E-state index contributed by atoms with van der Waals surface area (Å²) in [6.45, 7) is -0.107. The molecule has 0 bridgehead atoms. The zero-order chi connectivity index (χ0) is 17.5. The number of benzene rings is 2. The summed E-state index contributed by atoms with van der Waals surface area (Å²) in [4.78, 5) is 21.7. The number of nitrogens with zero attached hydrogens (tertiary/aromatic N) is 2. The number of hydrazone groups is 1. The van der Waals surface area contributed by atoms with E-state index in [0.29, 0.717) is 5.69 Å². The zero-order valence-electron chi connectivity index (χ0n) is 12.3. The Kier molecular flexibility index (Phi) is 5.40. The molecule has 3 N–H and O–H groups in total. The van der Waals surface area contributed by atoms with E-state index in [2.05, 4.69) is 15.8 Å². The Bertz CT molecular complexity index is 778. The molecular weight excluding hydrogens is 319 g/mol. The standard InChI is InChI=1S/C15H13FN4O4/c16-11-1-3-12(4-2-11)17-9-15(22)19-18-8-10-7-13(20(23)24)5-6-14(10)21/h1-8,17,21H,9H2,(H,19,22). The Morgan fingerprint density at radius 2 is 2.00 bits per heavy atom. The predicted molar refractivity (Wildman–Crippen MR) is 85.4 cm³/mol. The summed E-state index contributed by atoms with van der Waals surface area (Å²) in [5.41, 5.74) is 2.65. The minimum absolute atomic E-state index is 0.0935. The van der Waals surface area contributed by atoms with Crippen LogP contribution in [0.1, 0.15) is 5.56 Å². The third kappa shape index (κ3) is 4.77. The van der Waals surface area contributed by atoms with Crippen LogP contribution in [-0.2, 0) is 4.79 Å². The van der Waals surface area contributed by atoms with Crippen molar-refractivity contribution in [3.63, 3.8) is 0 Å². The normalized spacial score (nSPS) is 10.5. The van der Waals surface area contributed by atoms with Gasteiger partial charge in [0.05, 0.1) is 17.7 Å². The van der Waals surface area contributed by atoms with Crippen LogP contribution in [0.5, 0.6) is 5.75 Å². The van der Waals surface area contributed by atoms with E-state index in [0.717, 1.165) is 24.4 Å². The molecule has 0 atom stereocenters. The maximum atomic E-state index is 12.7. The fourth-order valence-electron chi connectivity index (χ4n) is 1.72. The maximum absolute atomic E-state index is 12.7. The van der Waals surface area contributed by atoms with Crippen molar-refractivity contribution in [3.05, 3.63) is 64.0 Å². The van der Waals surface area contributed by atoms with E-state index in [9.17, 15) is 24.4 Å². The van der Waals surface area contributed by atoms with Gasteiger partial charge in [0.2, 0.25) is 0 Å². The van der Waals surface area contributed by atoms with Gasteiger partial charge in [0.25, 0.3) is 11.6 Å². The minimum atomic E-state index is -0.609. The molecule has 0 unspecified atom stereocenters. The number of non-ortho nitro benzene ring substituents is 1. The Labute approximate surface area is 135 Å². The molecule has 0 saturated carbocycles. The van der Waals surface area contributed by atoms with Gasteiger partial charge in [-0.3, -0.25) is 14.9 Å². The number of carbonyl (C=O) groups excluding carboxylic acids is 1. The Balaban J connectivity index is 1.89. The quantitative estimate of drug-likeness (QED) is 0.425. The second-order valence-corrected chi connectivity index (χ2v) is 4.65. The average molecular weight is 332 g/mol. The van der Waals surface area contributed by atoms with Crippen LogP contribution in [0.25, 0.3) is 0 Å². The van der Waals surface area contributed by atoms with E-state index >= 15 is 0 Å². The van der Waals surface area contributed by atoms with E-state index in [-0.39, 0.29) is 29.4 Å². The molecule has 0 aliphatic carbocycles. The number of nitro groups is 1. The van der Waals surface area contributed by atoms with Crippen molar-refractivity contribution in [2.75, 3.05) is 11.9 Å². The number of rotatable bonds is 6. The molecule has 2 aromatic rings. The highest BCUT2D eigenvalue weighted by Gasteiger charge is 2.08. The molecule has 0 radical (unpaired) electrons. The summed E-state index contributed by atoms with van der Waals surface area (Å²) in [5.74, 6) is -1.07. The monoisotopic (exact) mass is 332 g/mol. The molecule has 0 heterocycles. The number of amides is 1. The van der Waals surface area contributed by atoms with E-state index in [4.69, 9.17) is 0 Å². The highest BCUT2D eigenvalue weighted by molar-refractivity contribution is 5.86. The summed E-state index contributed by atoms with van der Waals surface area (Å²) < 4.78 is 12.7. The number of aromatic hydroxyl groups is 1. The molecule has 8 nitrogen and oxygen atoms in total. The number of phenolic OH excluding ortho intramolecular Hbond substituents is 1. The Hall–Kier alpha value is -3.49. The van der Waals surface area contributed by atoms with Gasteiger partial charge < -0.3 is 10.4 Å². The third-order valence-corrected chi connectivity index (χ3v) is 2.91. The number of anilines is 1. The molecule has 24 heavy (non-hydrogen) atoms. The van der Waals surface area contributed by atoms with Gasteiger partial charge in [0.1, 0.15) is 11.6 Å². The summed E-state index contributed by atoms with van der Waals surface area (Å²) in [6, 6.07) is 8.91. The lowest BCUT2D eigenvalue weighted by molar-refractivity contribution is -0.384.